The number of benzene rings is 1. The van der Waals surface area contributed by atoms with E-state index in [1.807, 2.05) is 0 Å². The number of piperazine rings is 1. The molecule has 0 unspecified atom stereocenters. The molecule has 0 aliphatic carbocycles. The lowest BCUT2D eigenvalue weighted by Crippen LogP contribution is -2.55. The highest BCUT2D eigenvalue weighted by Crippen LogP contribution is 2.28. The highest BCUT2D eigenvalue weighted by Gasteiger charge is 2.45. The summed E-state index contributed by atoms with van der Waals surface area (Å²) < 4.78 is 24.0. The van der Waals surface area contributed by atoms with Crippen molar-refractivity contribution in [3.8, 4) is 0 Å². The molecule has 0 aromatic heterocycles. The average Bonchev–Trinajstić information content (AvgIpc) is 2.47. The molecule has 21 heavy (non-hydrogen) atoms. The summed E-state index contributed by atoms with van der Waals surface area (Å²) in [5.41, 5.74) is 0. The van der Waals surface area contributed by atoms with Gasteiger partial charge in [-0.25, -0.2) is 8.42 Å². The molecule has 1 aliphatic rings. The van der Waals surface area contributed by atoms with Gasteiger partial charge in [-0.2, -0.15) is 0 Å². The molecule has 0 spiro atoms. The summed E-state index contributed by atoms with van der Waals surface area (Å²) in [6.07, 6.45) is 0. The molecular formula is C14H19ClN2O3S. The number of carbonyl (C=O) groups is 1. The number of rotatable bonds is 3. The number of halogens is 1. The zero-order valence-corrected chi connectivity index (χ0v) is 13.7. The summed E-state index contributed by atoms with van der Waals surface area (Å²) in [4.78, 5) is 14.3. The van der Waals surface area contributed by atoms with Crippen molar-refractivity contribution in [1.29, 1.82) is 0 Å². The van der Waals surface area contributed by atoms with Crippen molar-refractivity contribution >= 4 is 27.3 Å². The van der Waals surface area contributed by atoms with Crippen molar-refractivity contribution in [2.45, 2.75) is 23.5 Å². The summed E-state index contributed by atoms with van der Waals surface area (Å²) in [5, 5.41) is 3.60. The highest BCUT2D eigenvalue weighted by atomic mass is 35.5. The van der Waals surface area contributed by atoms with Crippen LogP contribution in [0.2, 0.25) is 5.02 Å². The minimum atomic E-state index is -3.77. The Bertz CT molecular complexity index is 620. The van der Waals surface area contributed by atoms with Gasteiger partial charge in [-0.05, 0) is 38.1 Å². The second kappa shape index (κ2) is 5.94. The average molecular weight is 331 g/mol. The van der Waals surface area contributed by atoms with E-state index < -0.39 is 14.6 Å². The maximum absolute atomic E-state index is 12.7. The van der Waals surface area contributed by atoms with E-state index in [2.05, 4.69) is 5.32 Å². The van der Waals surface area contributed by atoms with E-state index in [4.69, 9.17) is 11.6 Å². The van der Waals surface area contributed by atoms with Gasteiger partial charge >= 0.3 is 0 Å². The van der Waals surface area contributed by atoms with Gasteiger partial charge in [-0.3, -0.25) is 4.79 Å². The maximum Gasteiger partial charge on any atom is 0.243 e. The molecule has 1 fully saturated rings. The number of hydrogen-bond acceptors (Lipinski definition) is 4. The predicted octanol–water partition coefficient (Wildman–Crippen LogP) is 1.32. The Labute approximate surface area is 130 Å². The van der Waals surface area contributed by atoms with Gasteiger partial charge in [-0.1, -0.05) is 11.6 Å². The van der Waals surface area contributed by atoms with E-state index in [9.17, 15) is 13.2 Å². The lowest BCUT2D eigenvalue weighted by Gasteiger charge is -2.34. The van der Waals surface area contributed by atoms with E-state index in [1.165, 1.54) is 38.1 Å². The van der Waals surface area contributed by atoms with Gasteiger partial charge in [0.2, 0.25) is 5.91 Å². The molecule has 0 saturated carbocycles. The third-order valence-corrected chi connectivity index (χ3v) is 6.38. The van der Waals surface area contributed by atoms with Gasteiger partial charge in [0, 0.05) is 31.2 Å². The Morgan fingerprint density at radius 3 is 2.24 bits per heavy atom. The van der Waals surface area contributed by atoms with Gasteiger partial charge in [0.05, 0.1) is 4.90 Å². The Balaban J connectivity index is 2.32. The highest BCUT2D eigenvalue weighted by molar-refractivity contribution is 7.93. The van der Waals surface area contributed by atoms with Crippen LogP contribution in [0, 0.1) is 0 Å². The largest absolute Gasteiger partial charge is 0.339 e. The summed E-state index contributed by atoms with van der Waals surface area (Å²) in [6.45, 7) is 5.34. The third kappa shape index (κ3) is 3.07. The van der Waals surface area contributed by atoms with Crippen molar-refractivity contribution in [3.05, 3.63) is 29.3 Å². The normalized spacial score (nSPS) is 16.8. The first-order chi connectivity index (χ1) is 9.76. The third-order valence-electron chi connectivity index (χ3n) is 3.72. The minimum Gasteiger partial charge on any atom is -0.339 e. The van der Waals surface area contributed by atoms with Gasteiger partial charge in [-0.15, -0.1) is 0 Å². The number of nitrogens with zero attached hydrogens (tertiary/aromatic N) is 1. The SMILES string of the molecule is CC(C)(C(=O)N1CCNCC1)S(=O)(=O)c1ccc(Cl)cc1. The van der Waals surface area contributed by atoms with Crippen molar-refractivity contribution in [1.82, 2.24) is 10.2 Å². The second-order valence-corrected chi connectivity index (χ2v) is 8.45. The molecule has 1 amide bonds. The van der Waals surface area contributed by atoms with Crippen LogP contribution in [-0.4, -0.2) is 50.2 Å². The minimum absolute atomic E-state index is 0.111. The molecular weight excluding hydrogens is 312 g/mol. The Morgan fingerprint density at radius 2 is 1.71 bits per heavy atom. The van der Waals surface area contributed by atoms with Crippen LogP contribution in [0.4, 0.5) is 0 Å². The zero-order chi connectivity index (χ0) is 15.7. The first-order valence-electron chi connectivity index (χ1n) is 6.77. The van der Waals surface area contributed by atoms with Gasteiger partial charge in [0.15, 0.2) is 9.84 Å². The standard InChI is InChI=1S/C14H19ClN2O3S/c1-14(2,13(18)17-9-7-16-8-10-17)21(19,20)12-5-3-11(15)4-6-12/h3-6,16H,7-10H2,1-2H3. The first-order valence-corrected chi connectivity index (χ1v) is 8.63. The molecule has 0 bridgehead atoms. The Morgan fingerprint density at radius 1 is 1.19 bits per heavy atom. The van der Waals surface area contributed by atoms with Crippen LogP contribution < -0.4 is 5.32 Å². The van der Waals surface area contributed by atoms with E-state index in [0.29, 0.717) is 31.2 Å². The van der Waals surface area contributed by atoms with Crippen LogP contribution >= 0.6 is 11.6 Å². The first kappa shape index (κ1) is 16.3. The molecule has 1 saturated heterocycles. The van der Waals surface area contributed by atoms with Crippen LogP contribution in [0.1, 0.15) is 13.8 Å². The molecule has 1 N–H and O–H groups in total. The number of carbonyl (C=O) groups excluding carboxylic acids is 1. The van der Waals surface area contributed by atoms with Crippen LogP contribution in [0.15, 0.2) is 29.2 Å². The predicted molar refractivity (Wildman–Crippen MR) is 82.2 cm³/mol. The molecule has 0 radical (unpaired) electrons. The maximum atomic E-state index is 12.7. The smallest absolute Gasteiger partial charge is 0.243 e. The van der Waals surface area contributed by atoms with E-state index >= 15 is 0 Å². The Kier molecular flexibility index (Phi) is 4.60. The van der Waals surface area contributed by atoms with Gasteiger partial charge in [0.25, 0.3) is 0 Å². The molecule has 1 aromatic carbocycles. The molecule has 7 heteroatoms. The summed E-state index contributed by atoms with van der Waals surface area (Å²) in [5.74, 6) is -0.362. The van der Waals surface area contributed by atoms with Crippen molar-refractivity contribution < 1.29 is 13.2 Å². The summed E-state index contributed by atoms with van der Waals surface area (Å²) >= 11 is 5.78. The van der Waals surface area contributed by atoms with Crippen molar-refractivity contribution in [2.75, 3.05) is 26.2 Å². The monoisotopic (exact) mass is 330 g/mol. The lowest BCUT2D eigenvalue weighted by atomic mass is 10.1. The molecule has 1 aliphatic heterocycles. The molecule has 1 aromatic rings. The second-order valence-electron chi connectivity index (χ2n) is 5.51. The van der Waals surface area contributed by atoms with Crippen LogP contribution in [-0.2, 0) is 14.6 Å². The van der Waals surface area contributed by atoms with Crippen LogP contribution in [0.25, 0.3) is 0 Å². The van der Waals surface area contributed by atoms with Gasteiger partial charge in [0.1, 0.15) is 4.75 Å². The summed E-state index contributed by atoms with van der Waals surface area (Å²) in [6, 6.07) is 5.90. The van der Waals surface area contributed by atoms with Crippen molar-refractivity contribution in [2.24, 2.45) is 0 Å². The fraction of sp³-hybridized carbons (Fsp3) is 0.500. The van der Waals surface area contributed by atoms with Crippen molar-refractivity contribution in [3.63, 3.8) is 0 Å². The molecule has 2 rings (SSSR count). The fourth-order valence-corrected chi connectivity index (χ4v) is 3.84. The number of hydrogen-bond donors (Lipinski definition) is 1. The number of amides is 1. The van der Waals surface area contributed by atoms with E-state index in [0.717, 1.165) is 0 Å². The van der Waals surface area contributed by atoms with E-state index in [-0.39, 0.29) is 10.8 Å². The molecule has 1 heterocycles. The topological polar surface area (TPSA) is 66.5 Å². The molecule has 116 valence electrons. The molecule has 5 nitrogen and oxygen atoms in total. The Hall–Kier alpha value is -1.11. The van der Waals surface area contributed by atoms with Gasteiger partial charge < -0.3 is 10.2 Å². The summed E-state index contributed by atoms with van der Waals surface area (Å²) in [7, 11) is -3.77. The van der Waals surface area contributed by atoms with E-state index in [1.54, 1.807) is 4.90 Å². The number of sulfone groups is 1. The zero-order valence-electron chi connectivity index (χ0n) is 12.1. The lowest BCUT2D eigenvalue weighted by molar-refractivity contribution is -0.133. The number of nitrogens with one attached hydrogen (secondary N) is 1. The fourth-order valence-electron chi connectivity index (χ4n) is 2.27. The van der Waals surface area contributed by atoms with Crippen LogP contribution in [0.5, 0.6) is 0 Å². The van der Waals surface area contributed by atoms with Crippen LogP contribution in [0.3, 0.4) is 0 Å². The molecule has 0 atom stereocenters. The quantitative estimate of drug-likeness (QED) is 0.908.